The van der Waals surface area contributed by atoms with E-state index in [1.165, 1.54) is 0 Å². The van der Waals surface area contributed by atoms with Crippen LogP contribution in [0.5, 0.6) is 0 Å². The first-order valence-corrected chi connectivity index (χ1v) is 10.9. The van der Waals surface area contributed by atoms with Gasteiger partial charge in [-0.15, -0.1) is 0 Å². The summed E-state index contributed by atoms with van der Waals surface area (Å²) in [5.41, 5.74) is 1.10. The highest BCUT2D eigenvalue weighted by atomic mass is 32.2. The maximum atomic E-state index is 13.1. The highest BCUT2D eigenvalue weighted by Gasteiger charge is 2.33. The van der Waals surface area contributed by atoms with E-state index in [9.17, 15) is 13.2 Å². The lowest BCUT2D eigenvalue weighted by Crippen LogP contribution is -2.32. The molecule has 0 unspecified atom stereocenters. The molecule has 0 bridgehead atoms. The van der Waals surface area contributed by atoms with Gasteiger partial charge in [0, 0.05) is 11.6 Å². The highest BCUT2D eigenvalue weighted by molar-refractivity contribution is 7.90. The van der Waals surface area contributed by atoms with Gasteiger partial charge in [0.05, 0.1) is 23.5 Å². The van der Waals surface area contributed by atoms with Crippen LogP contribution in [-0.2, 0) is 22.1 Å². The Balaban J connectivity index is 1.55. The maximum absolute atomic E-state index is 13.1. The molecule has 0 radical (unpaired) electrons. The topological polar surface area (TPSA) is 67.6 Å². The van der Waals surface area contributed by atoms with Crippen molar-refractivity contribution in [3.05, 3.63) is 89.9 Å². The van der Waals surface area contributed by atoms with Gasteiger partial charge in [-0.2, -0.15) is 0 Å². The Morgan fingerprint density at radius 3 is 2.46 bits per heavy atom. The van der Waals surface area contributed by atoms with Crippen molar-refractivity contribution < 1.29 is 17.6 Å². The van der Waals surface area contributed by atoms with E-state index in [-0.39, 0.29) is 22.6 Å². The van der Waals surface area contributed by atoms with Crippen LogP contribution < -0.4 is 0 Å². The van der Waals surface area contributed by atoms with Crippen LogP contribution in [0.15, 0.2) is 82.3 Å². The Kier molecular flexibility index (Phi) is 5.05. The van der Waals surface area contributed by atoms with Gasteiger partial charge in [-0.05, 0) is 54.8 Å². The Morgan fingerprint density at radius 2 is 1.79 bits per heavy atom. The van der Waals surface area contributed by atoms with E-state index in [0.717, 1.165) is 18.6 Å². The minimum Gasteiger partial charge on any atom is -0.467 e. The van der Waals surface area contributed by atoms with E-state index in [0.29, 0.717) is 17.7 Å². The van der Waals surface area contributed by atoms with Crippen molar-refractivity contribution in [2.45, 2.75) is 36.1 Å². The summed E-state index contributed by atoms with van der Waals surface area (Å²) >= 11 is 0. The summed E-state index contributed by atoms with van der Waals surface area (Å²) in [4.78, 5) is 15.2. The van der Waals surface area contributed by atoms with Crippen molar-refractivity contribution in [2.75, 3.05) is 0 Å². The average molecular weight is 395 g/mol. The predicted octanol–water partition coefficient (Wildman–Crippen LogP) is 4.06. The van der Waals surface area contributed by atoms with E-state index < -0.39 is 9.84 Å². The molecule has 0 atom stereocenters. The number of carbonyl (C=O) groups excluding carboxylic acids is 1. The molecule has 1 saturated carbocycles. The highest BCUT2D eigenvalue weighted by Crippen LogP contribution is 2.30. The van der Waals surface area contributed by atoms with Gasteiger partial charge < -0.3 is 9.32 Å². The molecule has 0 aliphatic heterocycles. The number of hydrogen-bond acceptors (Lipinski definition) is 4. The fraction of sp³-hybridized carbons (Fsp3) is 0.227. The van der Waals surface area contributed by atoms with E-state index in [2.05, 4.69) is 0 Å². The molecule has 0 saturated heterocycles. The lowest BCUT2D eigenvalue weighted by molar-refractivity contribution is 0.0717. The third-order valence-electron chi connectivity index (χ3n) is 4.79. The molecule has 28 heavy (non-hydrogen) atoms. The molecule has 4 rings (SSSR count). The summed E-state index contributed by atoms with van der Waals surface area (Å²) in [6.07, 6.45) is 3.56. The summed E-state index contributed by atoms with van der Waals surface area (Å²) in [7, 11) is -3.46. The number of rotatable bonds is 7. The second-order valence-corrected chi connectivity index (χ2v) is 9.01. The SMILES string of the molecule is O=C(c1cccc(CS(=O)(=O)c2ccccc2)c1)N(Cc1ccco1)C1CC1. The number of carbonyl (C=O) groups is 1. The molecule has 1 aliphatic rings. The third-order valence-corrected chi connectivity index (χ3v) is 6.49. The van der Waals surface area contributed by atoms with Crippen LogP contribution in [0, 0.1) is 0 Å². The van der Waals surface area contributed by atoms with Crippen molar-refractivity contribution in [2.24, 2.45) is 0 Å². The van der Waals surface area contributed by atoms with E-state index in [1.807, 2.05) is 11.0 Å². The smallest absolute Gasteiger partial charge is 0.254 e. The molecule has 1 amide bonds. The van der Waals surface area contributed by atoms with Gasteiger partial charge in [0.2, 0.25) is 0 Å². The molecule has 1 aliphatic carbocycles. The largest absolute Gasteiger partial charge is 0.467 e. The van der Waals surface area contributed by atoms with E-state index in [4.69, 9.17) is 4.42 Å². The second-order valence-electron chi connectivity index (χ2n) is 7.02. The van der Waals surface area contributed by atoms with Crippen LogP contribution in [0.3, 0.4) is 0 Å². The van der Waals surface area contributed by atoms with Crippen LogP contribution >= 0.6 is 0 Å². The average Bonchev–Trinajstić information content (AvgIpc) is 3.41. The first-order valence-electron chi connectivity index (χ1n) is 9.23. The van der Waals surface area contributed by atoms with Gasteiger partial charge in [-0.1, -0.05) is 30.3 Å². The minimum atomic E-state index is -3.46. The quantitative estimate of drug-likeness (QED) is 0.605. The fourth-order valence-electron chi connectivity index (χ4n) is 3.21. The third kappa shape index (κ3) is 4.17. The molecule has 144 valence electrons. The zero-order valence-corrected chi connectivity index (χ0v) is 16.1. The number of furan rings is 1. The normalized spacial score (nSPS) is 14.0. The molecule has 0 N–H and O–H groups in total. The molecule has 3 aromatic rings. The summed E-state index contributed by atoms with van der Waals surface area (Å²) < 4.78 is 30.7. The second kappa shape index (κ2) is 7.64. The summed E-state index contributed by atoms with van der Waals surface area (Å²) in [5, 5.41) is 0. The molecule has 1 aromatic heterocycles. The number of hydrogen-bond donors (Lipinski definition) is 0. The predicted molar refractivity (Wildman–Crippen MR) is 105 cm³/mol. The Bertz CT molecular complexity index is 1050. The van der Waals surface area contributed by atoms with Crippen molar-refractivity contribution in [3.8, 4) is 0 Å². The molecule has 1 heterocycles. The molecule has 6 heteroatoms. The number of benzene rings is 2. The lowest BCUT2D eigenvalue weighted by Gasteiger charge is -2.21. The molecular weight excluding hydrogens is 374 g/mol. The Labute approximate surface area is 164 Å². The summed E-state index contributed by atoms with van der Waals surface area (Å²) in [6, 6.07) is 19.1. The van der Waals surface area contributed by atoms with Gasteiger partial charge in [-0.3, -0.25) is 4.79 Å². The van der Waals surface area contributed by atoms with E-state index in [1.54, 1.807) is 66.9 Å². The van der Waals surface area contributed by atoms with Crippen LogP contribution in [-0.4, -0.2) is 25.3 Å². The first kappa shape index (κ1) is 18.5. The minimum absolute atomic E-state index is 0.0992. The molecular formula is C22H21NO4S. The van der Waals surface area contributed by atoms with Gasteiger partial charge in [0.25, 0.3) is 5.91 Å². The van der Waals surface area contributed by atoms with Crippen molar-refractivity contribution in [3.63, 3.8) is 0 Å². The number of sulfone groups is 1. The Morgan fingerprint density at radius 1 is 1.00 bits per heavy atom. The zero-order chi connectivity index (χ0) is 19.6. The van der Waals surface area contributed by atoms with E-state index >= 15 is 0 Å². The lowest BCUT2D eigenvalue weighted by atomic mass is 10.1. The molecule has 0 spiro atoms. The summed E-state index contributed by atoms with van der Waals surface area (Å²) in [6.45, 7) is 0.420. The van der Waals surface area contributed by atoms with Crippen LogP contribution in [0.1, 0.15) is 34.5 Å². The van der Waals surface area contributed by atoms with Gasteiger partial charge in [0.15, 0.2) is 9.84 Å². The Hall–Kier alpha value is -2.86. The fourth-order valence-corrected chi connectivity index (χ4v) is 4.57. The maximum Gasteiger partial charge on any atom is 0.254 e. The zero-order valence-electron chi connectivity index (χ0n) is 15.3. The molecule has 2 aromatic carbocycles. The van der Waals surface area contributed by atoms with Gasteiger partial charge in [0.1, 0.15) is 5.76 Å². The van der Waals surface area contributed by atoms with Crippen LogP contribution in [0.4, 0.5) is 0 Å². The number of amides is 1. The van der Waals surface area contributed by atoms with Gasteiger partial charge in [-0.25, -0.2) is 8.42 Å². The molecule has 5 nitrogen and oxygen atoms in total. The first-order chi connectivity index (χ1) is 13.5. The van der Waals surface area contributed by atoms with Crippen molar-refractivity contribution in [1.82, 2.24) is 4.90 Å². The van der Waals surface area contributed by atoms with Gasteiger partial charge >= 0.3 is 0 Å². The van der Waals surface area contributed by atoms with Crippen molar-refractivity contribution in [1.29, 1.82) is 0 Å². The summed E-state index contributed by atoms with van der Waals surface area (Å²) in [5.74, 6) is 0.501. The molecule has 1 fully saturated rings. The monoisotopic (exact) mass is 395 g/mol. The van der Waals surface area contributed by atoms with Crippen LogP contribution in [0.25, 0.3) is 0 Å². The van der Waals surface area contributed by atoms with Crippen molar-refractivity contribution >= 4 is 15.7 Å². The number of nitrogens with zero attached hydrogens (tertiary/aromatic N) is 1. The standard InChI is InChI=1S/C22H21NO4S/c24-22(23(19-11-12-19)15-20-8-5-13-27-20)18-7-4-6-17(14-18)16-28(25,26)21-9-2-1-3-10-21/h1-10,13-14,19H,11-12,15-16H2. The van der Waals surface area contributed by atoms with Crippen LogP contribution in [0.2, 0.25) is 0 Å².